The van der Waals surface area contributed by atoms with Crippen molar-refractivity contribution in [1.82, 2.24) is 14.8 Å². The monoisotopic (exact) mass is 300 g/mol. The molecule has 2 aromatic heterocycles. The third kappa shape index (κ3) is 2.56. The molecule has 0 amide bonds. The van der Waals surface area contributed by atoms with Gasteiger partial charge in [0.1, 0.15) is 11.4 Å². The zero-order chi connectivity index (χ0) is 15.5. The average molecular weight is 300 g/mol. The Morgan fingerprint density at radius 1 is 1.41 bits per heavy atom. The molecule has 6 nitrogen and oxygen atoms in total. The van der Waals surface area contributed by atoms with Crippen molar-refractivity contribution in [1.29, 1.82) is 0 Å². The molecule has 0 bridgehead atoms. The third-order valence-corrected chi connectivity index (χ3v) is 4.04. The molecule has 1 aliphatic rings. The van der Waals surface area contributed by atoms with Crippen LogP contribution in [0, 0.1) is 0 Å². The summed E-state index contributed by atoms with van der Waals surface area (Å²) in [5.74, 6) is 0.782. The summed E-state index contributed by atoms with van der Waals surface area (Å²) in [5, 5.41) is 4.59. The molecule has 0 radical (unpaired) electrons. The topological polar surface area (TPSA) is 83.0 Å². The number of pyridine rings is 1. The first kappa shape index (κ1) is 14.6. The van der Waals surface area contributed by atoms with Crippen molar-refractivity contribution in [3.63, 3.8) is 0 Å². The van der Waals surface area contributed by atoms with Crippen molar-refractivity contribution in [3.8, 4) is 5.82 Å². The molecule has 116 valence electrons. The summed E-state index contributed by atoms with van der Waals surface area (Å²) in [6.07, 6.45) is 6.05. The number of carbonyl (C=O) groups excluding carboxylic acids is 1. The van der Waals surface area contributed by atoms with E-state index in [1.54, 1.807) is 17.8 Å². The molecule has 1 aliphatic carbocycles. The first-order valence-electron chi connectivity index (χ1n) is 7.69. The molecule has 0 aromatic carbocycles. The van der Waals surface area contributed by atoms with Crippen molar-refractivity contribution >= 4 is 11.8 Å². The van der Waals surface area contributed by atoms with Crippen LogP contribution < -0.4 is 5.73 Å². The molecule has 1 fully saturated rings. The minimum absolute atomic E-state index is 0.270. The number of ether oxygens (including phenoxy) is 1. The lowest BCUT2D eigenvalue weighted by Crippen LogP contribution is -2.11. The van der Waals surface area contributed by atoms with Crippen molar-refractivity contribution < 1.29 is 9.53 Å². The quantitative estimate of drug-likeness (QED) is 0.878. The first-order chi connectivity index (χ1) is 10.7. The summed E-state index contributed by atoms with van der Waals surface area (Å²) in [4.78, 5) is 16.6. The highest BCUT2D eigenvalue weighted by Crippen LogP contribution is 2.37. The first-order valence-corrected chi connectivity index (χ1v) is 7.69. The SMILES string of the molecule is CCOC(=O)c1c(C2CCCC2)nn(-c2ccccn2)c1N. The summed E-state index contributed by atoms with van der Waals surface area (Å²) in [6, 6.07) is 5.51. The number of esters is 1. The molecule has 0 spiro atoms. The van der Waals surface area contributed by atoms with Gasteiger partial charge in [-0.15, -0.1) is 0 Å². The highest BCUT2D eigenvalue weighted by molar-refractivity contribution is 5.96. The minimum atomic E-state index is -0.399. The molecule has 1 saturated carbocycles. The van der Waals surface area contributed by atoms with Crippen LogP contribution in [-0.2, 0) is 4.74 Å². The van der Waals surface area contributed by atoms with Crippen LogP contribution in [0.4, 0.5) is 5.82 Å². The minimum Gasteiger partial charge on any atom is -0.462 e. The van der Waals surface area contributed by atoms with Gasteiger partial charge in [0.2, 0.25) is 0 Å². The summed E-state index contributed by atoms with van der Waals surface area (Å²) in [6.45, 7) is 2.10. The zero-order valence-electron chi connectivity index (χ0n) is 12.7. The smallest absolute Gasteiger partial charge is 0.343 e. The Morgan fingerprint density at radius 2 is 2.18 bits per heavy atom. The summed E-state index contributed by atoms with van der Waals surface area (Å²) < 4.78 is 6.71. The highest BCUT2D eigenvalue weighted by atomic mass is 16.5. The van der Waals surface area contributed by atoms with Crippen LogP contribution in [0.1, 0.15) is 54.6 Å². The maximum Gasteiger partial charge on any atom is 0.343 e. The maximum atomic E-state index is 12.3. The van der Waals surface area contributed by atoms with Gasteiger partial charge < -0.3 is 10.5 Å². The van der Waals surface area contributed by atoms with Gasteiger partial charge in [0.25, 0.3) is 0 Å². The van der Waals surface area contributed by atoms with Gasteiger partial charge in [0, 0.05) is 12.1 Å². The van der Waals surface area contributed by atoms with Gasteiger partial charge >= 0.3 is 5.97 Å². The maximum absolute atomic E-state index is 12.3. The summed E-state index contributed by atoms with van der Waals surface area (Å²) >= 11 is 0. The molecular formula is C16H20N4O2. The van der Waals surface area contributed by atoms with Crippen LogP contribution in [0.2, 0.25) is 0 Å². The standard InChI is InChI=1S/C16H20N4O2/c1-2-22-16(21)13-14(11-7-3-4-8-11)19-20(15(13)17)12-9-5-6-10-18-12/h5-6,9-11H,2-4,7-8,17H2,1H3. The van der Waals surface area contributed by atoms with E-state index in [9.17, 15) is 4.79 Å². The summed E-state index contributed by atoms with van der Waals surface area (Å²) in [7, 11) is 0. The fraction of sp³-hybridized carbons (Fsp3) is 0.438. The van der Waals surface area contributed by atoms with Gasteiger partial charge in [-0.25, -0.2) is 9.78 Å². The van der Waals surface area contributed by atoms with E-state index in [1.165, 1.54) is 0 Å². The Labute approximate surface area is 129 Å². The van der Waals surface area contributed by atoms with Crippen molar-refractivity contribution in [2.75, 3.05) is 12.3 Å². The number of carbonyl (C=O) groups is 1. The predicted octanol–water partition coefficient (Wildman–Crippen LogP) is 2.68. The number of rotatable bonds is 4. The van der Waals surface area contributed by atoms with Crippen molar-refractivity contribution in [3.05, 3.63) is 35.7 Å². The fourth-order valence-corrected chi connectivity index (χ4v) is 3.00. The van der Waals surface area contributed by atoms with Gasteiger partial charge in [-0.05, 0) is 31.9 Å². The average Bonchev–Trinajstić information content (AvgIpc) is 3.16. The lowest BCUT2D eigenvalue weighted by Gasteiger charge is -2.08. The second-order valence-corrected chi connectivity index (χ2v) is 5.45. The Kier molecular flexibility index (Phi) is 4.09. The molecule has 2 N–H and O–H groups in total. The number of anilines is 1. The molecule has 2 heterocycles. The number of aromatic nitrogens is 3. The van der Waals surface area contributed by atoms with Gasteiger partial charge in [-0.1, -0.05) is 18.9 Å². The van der Waals surface area contributed by atoms with E-state index in [-0.39, 0.29) is 5.92 Å². The number of hydrogen-bond acceptors (Lipinski definition) is 5. The van der Waals surface area contributed by atoms with E-state index in [0.29, 0.717) is 23.8 Å². The van der Waals surface area contributed by atoms with E-state index < -0.39 is 5.97 Å². The van der Waals surface area contributed by atoms with Crippen LogP contribution in [0.5, 0.6) is 0 Å². The normalized spacial score (nSPS) is 15.1. The van der Waals surface area contributed by atoms with Crippen LogP contribution in [-0.4, -0.2) is 27.3 Å². The molecule has 0 atom stereocenters. The summed E-state index contributed by atoms with van der Waals surface area (Å²) in [5.41, 5.74) is 7.35. The van der Waals surface area contributed by atoms with E-state index in [4.69, 9.17) is 10.5 Å². The number of nitrogens with two attached hydrogens (primary N) is 1. The molecule has 2 aromatic rings. The molecular weight excluding hydrogens is 280 g/mol. The lowest BCUT2D eigenvalue weighted by molar-refractivity contribution is 0.0526. The van der Waals surface area contributed by atoms with Gasteiger partial charge in [-0.2, -0.15) is 9.78 Å². The fourth-order valence-electron chi connectivity index (χ4n) is 3.00. The van der Waals surface area contributed by atoms with Crippen LogP contribution in [0.15, 0.2) is 24.4 Å². The van der Waals surface area contributed by atoms with Crippen molar-refractivity contribution in [2.45, 2.75) is 38.5 Å². The van der Waals surface area contributed by atoms with E-state index in [2.05, 4.69) is 10.1 Å². The predicted molar refractivity (Wildman–Crippen MR) is 82.9 cm³/mol. The lowest BCUT2D eigenvalue weighted by atomic mass is 10.00. The van der Waals surface area contributed by atoms with Gasteiger partial charge in [0.15, 0.2) is 5.82 Å². The molecule has 22 heavy (non-hydrogen) atoms. The Morgan fingerprint density at radius 3 is 2.82 bits per heavy atom. The third-order valence-electron chi connectivity index (χ3n) is 4.04. The van der Waals surface area contributed by atoms with E-state index >= 15 is 0 Å². The second kappa shape index (κ2) is 6.17. The van der Waals surface area contributed by atoms with Crippen molar-refractivity contribution in [2.24, 2.45) is 0 Å². The van der Waals surface area contributed by atoms with Crippen LogP contribution in [0.25, 0.3) is 5.82 Å². The highest BCUT2D eigenvalue weighted by Gasteiger charge is 2.30. The zero-order valence-corrected chi connectivity index (χ0v) is 12.7. The van der Waals surface area contributed by atoms with Gasteiger partial charge in [-0.3, -0.25) is 0 Å². The largest absolute Gasteiger partial charge is 0.462 e. The molecule has 0 aliphatic heterocycles. The molecule has 0 saturated heterocycles. The van der Waals surface area contributed by atoms with Gasteiger partial charge in [0.05, 0.1) is 12.3 Å². The van der Waals surface area contributed by atoms with E-state index in [0.717, 1.165) is 31.4 Å². The van der Waals surface area contributed by atoms with Crippen LogP contribution >= 0.6 is 0 Å². The molecule has 3 rings (SSSR count). The molecule has 6 heteroatoms. The number of nitrogens with zero attached hydrogens (tertiary/aromatic N) is 3. The Bertz CT molecular complexity index is 660. The second-order valence-electron chi connectivity index (χ2n) is 5.45. The Hall–Kier alpha value is -2.37. The number of nitrogen functional groups attached to an aromatic ring is 1. The molecule has 0 unspecified atom stereocenters. The Balaban J connectivity index is 2.09. The van der Waals surface area contributed by atoms with E-state index in [1.807, 2.05) is 18.2 Å². The van der Waals surface area contributed by atoms with Crippen LogP contribution in [0.3, 0.4) is 0 Å². The number of hydrogen-bond donors (Lipinski definition) is 1.